The Bertz CT molecular complexity index is 279. The summed E-state index contributed by atoms with van der Waals surface area (Å²) in [5, 5.41) is 7.23. The molecule has 1 fully saturated rings. The number of hydrogen-bond acceptors (Lipinski definition) is 4. The molecule has 0 aromatic rings. The number of carbonyl (C=O) groups is 1. The lowest BCUT2D eigenvalue weighted by Crippen LogP contribution is -2.49. The molecule has 7 nitrogen and oxygen atoms in total. The summed E-state index contributed by atoms with van der Waals surface area (Å²) in [4.78, 5) is 15.7. The zero-order chi connectivity index (χ0) is 13.4. The van der Waals surface area contributed by atoms with E-state index in [9.17, 15) is 4.79 Å². The van der Waals surface area contributed by atoms with E-state index in [0.29, 0.717) is 52.4 Å². The van der Waals surface area contributed by atoms with Crippen LogP contribution in [0.5, 0.6) is 0 Å². The van der Waals surface area contributed by atoms with Gasteiger partial charge in [-0.15, -0.1) is 0 Å². The van der Waals surface area contributed by atoms with Gasteiger partial charge in [0, 0.05) is 39.7 Å². The van der Waals surface area contributed by atoms with Gasteiger partial charge < -0.3 is 25.0 Å². The van der Waals surface area contributed by atoms with Gasteiger partial charge in [0.2, 0.25) is 0 Å². The minimum absolute atomic E-state index is 0.0309. The van der Waals surface area contributed by atoms with Gasteiger partial charge in [-0.3, -0.25) is 5.41 Å². The molecule has 0 aliphatic carbocycles. The van der Waals surface area contributed by atoms with E-state index in [0.717, 1.165) is 0 Å². The highest BCUT2D eigenvalue weighted by Crippen LogP contribution is 2.04. The third-order valence-electron chi connectivity index (χ3n) is 2.77. The highest BCUT2D eigenvalue weighted by Gasteiger charge is 2.22. The molecule has 0 atom stereocenters. The number of nitrogens with zero attached hydrogens (tertiary/aromatic N) is 2. The predicted molar refractivity (Wildman–Crippen MR) is 67.8 cm³/mol. The molecular weight excluding hydrogens is 236 g/mol. The van der Waals surface area contributed by atoms with Gasteiger partial charge in [-0.1, -0.05) is 0 Å². The average molecular weight is 258 g/mol. The van der Waals surface area contributed by atoms with Gasteiger partial charge in [0.25, 0.3) is 0 Å². The number of morpholine rings is 1. The van der Waals surface area contributed by atoms with E-state index in [2.05, 4.69) is 0 Å². The van der Waals surface area contributed by atoms with Crippen molar-refractivity contribution >= 4 is 11.9 Å². The van der Waals surface area contributed by atoms with Gasteiger partial charge in [-0.25, -0.2) is 4.79 Å². The number of amidine groups is 1. The molecule has 1 rings (SSSR count). The molecule has 1 aliphatic heterocycles. The topological polar surface area (TPSA) is 91.9 Å². The standard InChI is InChI=1S/C11H22N4O3/c1-17-7-4-14(3-2-10(12)13)11(16)15-5-8-18-9-6-15/h2-9H2,1H3,(H3,12,13). The van der Waals surface area contributed by atoms with Crippen LogP contribution < -0.4 is 5.73 Å². The molecule has 0 bridgehead atoms. The van der Waals surface area contributed by atoms with Crippen molar-refractivity contribution < 1.29 is 14.3 Å². The van der Waals surface area contributed by atoms with Crippen molar-refractivity contribution in [1.29, 1.82) is 5.41 Å². The van der Waals surface area contributed by atoms with Gasteiger partial charge >= 0.3 is 6.03 Å². The van der Waals surface area contributed by atoms with Crippen LogP contribution in [0, 0.1) is 5.41 Å². The summed E-state index contributed by atoms with van der Waals surface area (Å²) in [6.07, 6.45) is 0.389. The van der Waals surface area contributed by atoms with E-state index in [1.54, 1.807) is 16.9 Å². The van der Waals surface area contributed by atoms with Crippen molar-refractivity contribution in [3.8, 4) is 0 Å². The Morgan fingerprint density at radius 2 is 2.11 bits per heavy atom. The Morgan fingerprint density at radius 1 is 1.44 bits per heavy atom. The van der Waals surface area contributed by atoms with Crippen LogP contribution in [0.15, 0.2) is 0 Å². The number of methoxy groups -OCH3 is 1. The molecule has 7 heteroatoms. The zero-order valence-electron chi connectivity index (χ0n) is 10.9. The molecule has 18 heavy (non-hydrogen) atoms. The maximum Gasteiger partial charge on any atom is 0.320 e. The summed E-state index contributed by atoms with van der Waals surface area (Å²) < 4.78 is 10.2. The molecule has 1 aliphatic rings. The van der Waals surface area contributed by atoms with Gasteiger partial charge in [0.15, 0.2) is 0 Å². The molecule has 0 unspecified atom stereocenters. The van der Waals surface area contributed by atoms with Gasteiger partial charge in [-0.2, -0.15) is 0 Å². The van der Waals surface area contributed by atoms with Gasteiger partial charge in [0.05, 0.1) is 25.7 Å². The first-order chi connectivity index (χ1) is 8.65. The fraction of sp³-hybridized carbons (Fsp3) is 0.818. The van der Waals surface area contributed by atoms with Crippen molar-refractivity contribution in [1.82, 2.24) is 9.80 Å². The Kier molecular flexibility index (Phi) is 6.45. The quantitative estimate of drug-likeness (QED) is 0.506. The monoisotopic (exact) mass is 258 g/mol. The van der Waals surface area contributed by atoms with E-state index in [1.807, 2.05) is 0 Å². The van der Waals surface area contributed by atoms with E-state index >= 15 is 0 Å². The number of amides is 2. The molecule has 0 aromatic heterocycles. The molecule has 0 aromatic carbocycles. The third kappa shape index (κ3) is 4.89. The highest BCUT2D eigenvalue weighted by molar-refractivity contribution is 5.79. The normalized spacial score (nSPS) is 15.5. The number of ether oxygens (including phenoxy) is 2. The van der Waals surface area contributed by atoms with Crippen molar-refractivity contribution in [3.05, 3.63) is 0 Å². The lowest BCUT2D eigenvalue weighted by atomic mass is 10.3. The van der Waals surface area contributed by atoms with Crippen LogP contribution in [0.2, 0.25) is 0 Å². The molecule has 3 N–H and O–H groups in total. The van der Waals surface area contributed by atoms with E-state index in [4.69, 9.17) is 20.6 Å². The molecule has 1 saturated heterocycles. The summed E-state index contributed by atoms with van der Waals surface area (Å²) in [5.41, 5.74) is 5.33. The summed E-state index contributed by atoms with van der Waals surface area (Å²) in [7, 11) is 1.60. The Labute approximate surface area is 107 Å². The fourth-order valence-electron chi connectivity index (χ4n) is 1.71. The van der Waals surface area contributed by atoms with Crippen LogP contribution in [0.25, 0.3) is 0 Å². The molecule has 104 valence electrons. The van der Waals surface area contributed by atoms with Crippen LogP contribution in [0.3, 0.4) is 0 Å². The number of nitrogens with one attached hydrogen (secondary N) is 1. The first-order valence-electron chi connectivity index (χ1n) is 6.08. The van der Waals surface area contributed by atoms with Crippen LogP contribution in [0.1, 0.15) is 6.42 Å². The first kappa shape index (κ1) is 14.7. The number of hydrogen-bond donors (Lipinski definition) is 2. The van der Waals surface area contributed by atoms with Crippen molar-refractivity contribution in [2.24, 2.45) is 5.73 Å². The maximum atomic E-state index is 12.2. The van der Waals surface area contributed by atoms with E-state index in [-0.39, 0.29) is 11.9 Å². The SMILES string of the molecule is COCCN(CCC(=N)N)C(=O)N1CCOCC1. The van der Waals surface area contributed by atoms with Gasteiger partial charge in [-0.05, 0) is 0 Å². The summed E-state index contributed by atoms with van der Waals surface area (Å²) in [6.45, 7) is 3.83. The first-order valence-corrected chi connectivity index (χ1v) is 6.08. The Hall–Kier alpha value is -1.34. The zero-order valence-corrected chi connectivity index (χ0v) is 10.9. The number of rotatable bonds is 6. The second kappa shape index (κ2) is 7.88. The lowest BCUT2D eigenvalue weighted by molar-refractivity contribution is 0.0411. The van der Waals surface area contributed by atoms with Crippen LogP contribution in [0.4, 0.5) is 4.79 Å². The van der Waals surface area contributed by atoms with Crippen molar-refractivity contribution in [3.63, 3.8) is 0 Å². The minimum Gasteiger partial charge on any atom is -0.388 e. The van der Waals surface area contributed by atoms with Crippen LogP contribution in [-0.2, 0) is 9.47 Å². The summed E-state index contributed by atoms with van der Waals surface area (Å²) in [6, 6.07) is -0.0309. The molecule has 0 spiro atoms. The Morgan fingerprint density at radius 3 is 2.67 bits per heavy atom. The predicted octanol–water partition coefficient (Wildman–Crippen LogP) is -0.287. The lowest BCUT2D eigenvalue weighted by Gasteiger charge is -2.32. The highest BCUT2D eigenvalue weighted by atomic mass is 16.5. The summed E-state index contributed by atoms with van der Waals surface area (Å²) in [5.74, 6) is 0.0900. The van der Waals surface area contributed by atoms with Crippen molar-refractivity contribution in [2.75, 3.05) is 53.1 Å². The Balaban J connectivity index is 2.50. The maximum absolute atomic E-state index is 12.2. The average Bonchev–Trinajstić information content (AvgIpc) is 2.39. The summed E-state index contributed by atoms with van der Waals surface area (Å²) >= 11 is 0. The number of carbonyl (C=O) groups excluding carboxylic acids is 1. The molecule has 2 amide bonds. The van der Waals surface area contributed by atoms with Gasteiger partial charge in [0.1, 0.15) is 0 Å². The van der Waals surface area contributed by atoms with E-state index in [1.165, 1.54) is 0 Å². The second-order valence-electron chi connectivity index (χ2n) is 4.14. The van der Waals surface area contributed by atoms with E-state index < -0.39 is 0 Å². The number of nitrogens with two attached hydrogens (primary N) is 1. The third-order valence-corrected chi connectivity index (χ3v) is 2.77. The molecule has 0 saturated carbocycles. The van der Waals surface area contributed by atoms with Crippen LogP contribution >= 0.6 is 0 Å². The largest absolute Gasteiger partial charge is 0.388 e. The smallest absolute Gasteiger partial charge is 0.320 e. The fourth-order valence-corrected chi connectivity index (χ4v) is 1.71. The van der Waals surface area contributed by atoms with Crippen molar-refractivity contribution in [2.45, 2.75) is 6.42 Å². The number of urea groups is 1. The molecular formula is C11H22N4O3. The second-order valence-corrected chi connectivity index (χ2v) is 4.14. The molecule has 1 heterocycles. The molecule has 0 radical (unpaired) electrons. The van der Waals surface area contributed by atoms with Crippen LogP contribution in [-0.4, -0.2) is 74.8 Å². The minimum atomic E-state index is -0.0309.